The minimum Gasteiger partial charge on any atom is -0.324 e. The quantitative estimate of drug-likeness (QED) is 0.636. The molecule has 0 saturated heterocycles. The number of fused-ring (bicyclic) bond motifs is 1. The molecule has 4 nitrogen and oxygen atoms in total. The first-order valence-electron chi connectivity index (χ1n) is 8.14. The first-order valence-corrected chi connectivity index (χ1v) is 9.50. The van der Waals surface area contributed by atoms with Crippen molar-refractivity contribution in [2.45, 2.75) is 32.5 Å². The van der Waals surface area contributed by atoms with Crippen LogP contribution in [0.4, 0.5) is 5.69 Å². The molecule has 1 heterocycles. The second-order valence-electron chi connectivity index (χ2n) is 5.90. The number of carbonyl (C=O) groups is 1. The van der Waals surface area contributed by atoms with Crippen LogP contribution in [0, 0.1) is 13.8 Å². The summed E-state index contributed by atoms with van der Waals surface area (Å²) in [6.45, 7) is 6.81. The van der Waals surface area contributed by atoms with E-state index in [9.17, 15) is 4.79 Å². The zero-order valence-electron chi connectivity index (χ0n) is 14.5. The number of para-hydroxylation sites is 2. The van der Waals surface area contributed by atoms with Crippen molar-refractivity contribution >= 4 is 46.0 Å². The molecule has 3 rings (SSSR count). The Morgan fingerprint density at radius 1 is 1.28 bits per heavy atom. The van der Waals surface area contributed by atoms with E-state index in [2.05, 4.69) is 21.8 Å². The van der Waals surface area contributed by atoms with Crippen LogP contribution in [0.1, 0.15) is 18.1 Å². The van der Waals surface area contributed by atoms with Gasteiger partial charge in [-0.3, -0.25) is 4.79 Å². The van der Waals surface area contributed by atoms with Crippen LogP contribution in [0.2, 0.25) is 5.02 Å². The Hall–Kier alpha value is -1.98. The molecule has 2 aromatic carbocycles. The van der Waals surface area contributed by atoms with E-state index in [0.29, 0.717) is 10.7 Å². The molecular weight excluding hydrogens is 354 g/mol. The smallest absolute Gasteiger partial charge is 0.234 e. The Labute approximate surface area is 156 Å². The molecule has 0 saturated carbocycles. The fourth-order valence-corrected chi connectivity index (χ4v) is 4.10. The predicted octanol–water partition coefficient (Wildman–Crippen LogP) is 5.06. The molecule has 1 N–H and O–H groups in total. The highest BCUT2D eigenvalue weighted by Crippen LogP contribution is 2.28. The summed E-state index contributed by atoms with van der Waals surface area (Å²) >= 11 is 7.70. The van der Waals surface area contributed by atoms with Crippen molar-refractivity contribution in [2.24, 2.45) is 0 Å². The summed E-state index contributed by atoms with van der Waals surface area (Å²) in [5.41, 5.74) is 4.76. The maximum Gasteiger partial charge on any atom is 0.234 e. The van der Waals surface area contributed by atoms with E-state index in [-0.39, 0.29) is 11.7 Å². The third kappa shape index (κ3) is 3.83. The Kier molecular flexibility index (Phi) is 5.35. The number of nitrogens with zero attached hydrogens (tertiary/aromatic N) is 2. The number of nitrogens with one attached hydrogen (secondary N) is 1. The molecule has 0 unspecified atom stereocenters. The number of rotatable bonds is 5. The maximum atomic E-state index is 12.4. The van der Waals surface area contributed by atoms with Gasteiger partial charge in [0.2, 0.25) is 5.91 Å². The van der Waals surface area contributed by atoms with Crippen molar-refractivity contribution in [1.29, 1.82) is 0 Å². The molecule has 0 aliphatic rings. The molecule has 130 valence electrons. The van der Waals surface area contributed by atoms with Crippen LogP contribution in [0.3, 0.4) is 0 Å². The molecule has 0 spiro atoms. The van der Waals surface area contributed by atoms with Gasteiger partial charge in [-0.05, 0) is 50.1 Å². The zero-order valence-corrected chi connectivity index (χ0v) is 16.0. The number of amides is 1. The Balaban J connectivity index is 1.73. The van der Waals surface area contributed by atoms with Crippen LogP contribution in [-0.4, -0.2) is 21.2 Å². The first-order chi connectivity index (χ1) is 12.0. The first kappa shape index (κ1) is 17.8. The third-order valence-electron chi connectivity index (χ3n) is 3.96. The van der Waals surface area contributed by atoms with Crippen molar-refractivity contribution in [3.63, 3.8) is 0 Å². The van der Waals surface area contributed by atoms with Gasteiger partial charge in [-0.2, -0.15) is 0 Å². The zero-order chi connectivity index (χ0) is 18.0. The molecule has 3 aromatic rings. The summed E-state index contributed by atoms with van der Waals surface area (Å²) in [5, 5.41) is 4.34. The molecule has 0 aliphatic heterocycles. The Morgan fingerprint density at radius 3 is 2.76 bits per heavy atom. The Morgan fingerprint density at radius 2 is 2.04 bits per heavy atom. The summed E-state index contributed by atoms with van der Waals surface area (Å²) in [4.78, 5) is 17.0. The van der Waals surface area contributed by atoms with Gasteiger partial charge in [0.15, 0.2) is 5.16 Å². The predicted molar refractivity (Wildman–Crippen MR) is 106 cm³/mol. The topological polar surface area (TPSA) is 46.9 Å². The number of imidazole rings is 1. The van der Waals surface area contributed by atoms with Crippen molar-refractivity contribution in [1.82, 2.24) is 9.55 Å². The van der Waals surface area contributed by atoms with Gasteiger partial charge in [-0.15, -0.1) is 0 Å². The van der Waals surface area contributed by atoms with Gasteiger partial charge >= 0.3 is 0 Å². The molecule has 1 amide bonds. The molecule has 0 atom stereocenters. The fourth-order valence-electron chi connectivity index (χ4n) is 2.85. The van der Waals surface area contributed by atoms with Gasteiger partial charge in [0.25, 0.3) is 0 Å². The normalized spacial score (nSPS) is 11.0. The molecule has 0 fully saturated rings. The van der Waals surface area contributed by atoms with E-state index in [0.717, 1.165) is 33.9 Å². The van der Waals surface area contributed by atoms with Crippen LogP contribution in [0.25, 0.3) is 11.0 Å². The minimum atomic E-state index is -0.0893. The van der Waals surface area contributed by atoms with Crippen LogP contribution < -0.4 is 5.32 Å². The average Bonchev–Trinajstić information content (AvgIpc) is 2.93. The summed E-state index contributed by atoms with van der Waals surface area (Å²) in [6, 6.07) is 11.9. The highest BCUT2D eigenvalue weighted by atomic mass is 35.5. The fraction of sp³-hybridized carbons (Fsp3) is 0.263. The monoisotopic (exact) mass is 373 g/mol. The van der Waals surface area contributed by atoms with Gasteiger partial charge in [0.1, 0.15) is 0 Å². The van der Waals surface area contributed by atoms with Crippen molar-refractivity contribution in [3.05, 3.63) is 52.5 Å². The summed E-state index contributed by atoms with van der Waals surface area (Å²) in [7, 11) is 0. The highest BCUT2D eigenvalue weighted by molar-refractivity contribution is 7.99. The van der Waals surface area contributed by atoms with Gasteiger partial charge < -0.3 is 9.88 Å². The van der Waals surface area contributed by atoms with E-state index in [1.54, 1.807) is 0 Å². The van der Waals surface area contributed by atoms with Crippen LogP contribution in [0.5, 0.6) is 0 Å². The number of hydrogen-bond donors (Lipinski definition) is 1. The van der Waals surface area contributed by atoms with Crippen LogP contribution in [-0.2, 0) is 11.3 Å². The van der Waals surface area contributed by atoms with E-state index in [4.69, 9.17) is 11.6 Å². The lowest BCUT2D eigenvalue weighted by Crippen LogP contribution is -2.15. The average molecular weight is 374 g/mol. The molecule has 0 bridgehead atoms. The third-order valence-corrected chi connectivity index (χ3v) is 5.24. The number of benzene rings is 2. The number of halogens is 1. The lowest BCUT2D eigenvalue weighted by atomic mass is 10.1. The van der Waals surface area contributed by atoms with Crippen LogP contribution in [0.15, 0.2) is 41.6 Å². The minimum absolute atomic E-state index is 0.0893. The lowest BCUT2D eigenvalue weighted by molar-refractivity contribution is -0.113. The van der Waals surface area contributed by atoms with E-state index < -0.39 is 0 Å². The van der Waals surface area contributed by atoms with Gasteiger partial charge in [-0.1, -0.05) is 41.6 Å². The summed E-state index contributed by atoms with van der Waals surface area (Å²) in [5.74, 6) is 0.195. The number of anilines is 1. The maximum absolute atomic E-state index is 12.4. The van der Waals surface area contributed by atoms with Crippen molar-refractivity contribution in [3.8, 4) is 0 Å². The van der Waals surface area contributed by atoms with E-state index >= 15 is 0 Å². The second kappa shape index (κ2) is 7.50. The molecule has 1 aromatic heterocycles. The number of carbonyl (C=O) groups excluding carboxylic acids is 1. The number of aryl methyl sites for hydroxylation is 3. The van der Waals surface area contributed by atoms with Crippen LogP contribution >= 0.6 is 23.4 Å². The molecular formula is C19H20ClN3OS. The molecule has 25 heavy (non-hydrogen) atoms. The van der Waals surface area contributed by atoms with Gasteiger partial charge in [0, 0.05) is 6.54 Å². The summed E-state index contributed by atoms with van der Waals surface area (Å²) < 4.78 is 2.12. The molecule has 6 heteroatoms. The van der Waals surface area contributed by atoms with Crippen molar-refractivity contribution < 1.29 is 4.79 Å². The number of aromatic nitrogens is 2. The number of hydrogen-bond acceptors (Lipinski definition) is 3. The summed E-state index contributed by atoms with van der Waals surface area (Å²) in [6.07, 6.45) is 0. The highest BCUT2D eigenvalue weighted by Gasteiger charge is 2.13. The van der Waals surface area contributed by atoms with E-state index in [1.165, 1.54) is 11.8 Å². The Bertz CT molecular complexity index is 913. The second-order valence-corrected chi connectivity index (χ2v) is 7.25. The number of thioether (sulfide) groups is 1. The van der Waals surface area contributed by atoms with Gasteiger partial charge in [-0.25, -0.2) is 4.98 Å². The molecule has 0 radical (unpaired) electrons. The van der Waals surface area contributed by atoms with Gasteiger partial charge in [0.05, 0.1) is 27.5 Å². The van der Waals surface area contributed by atoms with Crippen molar-refractivity contribution in [2.75, 3.05) is 11.1 Å². The lowest BCUT2D eigenvalue weighted by Gasteiger charge is -2.11. The standard InChI is InChI=1S/C19H20ClN3OS/c1-4-23-16-8-6-5-7-15(16)21-19(23)25-11-17(24)22-18-13(3)9-12(2)10-14(18)20/h5-10H,4,11H2,1-3H3,(H,22,24). The largest absolute Gasteiger partial charge is 0.324 e. The SMILES string of the molecule is CCn1c(SCC(=O)Nc2c(C)cc(C)cc2Cl)nc2ccccc21. The molecule has 0 aliphatic carbocycles. The van der Waals surface area contributed by atoms with E-state index in [1.807, 2.05) is 50.2 Å².